The molecule has 0 saturated carbocycles. The molecule has 1 N–H and O–H groups in total. The third kappa shape index (κ3) is 3.79. The maximum Gasteiger partial charge on any atom is 0.253 e. The van der Waals surface area contributed by atoms with Gasteiger partial charge >= 0.3 is 0 Å². The minimum absolute atomic E-state index is 0.0603. The Morgan fingerprint density at radius 2 is 2.22 bits per heavy atom. The zero-order valence-corrected chi connectivity index (χ0v) is 13.5. The summed E-state index contributed by atoms with van der Waals surface area (Å²) in [5.74, 6) is -0.812. The molecule has 2 rings (SSSR count). The molecule has 0 aromatic heterocycles. The molecule has 1 atom stereocenters. The summed E-state index contributed by atoms with van der Waals surface area (Å²) in [5.41, 5.74) is -0.505. The van der Waals surface area contributed by atoms with E-state index in [9.17, 15) is 14.0 Å². The number of ether oxygens (including phenoxy) is 2. The molecule has 7 heteroatoms. The minimum Gasteiger partial charge on any atom is -0.494 e. The van der Waals surface area contributed by atoms with Gasteiger partial charge in [0.05, 0.1) is 26.7 Å². The first-order valence-corrected chi connectivity index (χ1v) is 7.36. The van der Waals surface area contributed by atoms with Crippen LogP contribution in [0.2, 0.25) is 0 Å². The van der Waals surface area contributed by atoms with Gasteiger partial charge in [0.25, 0.3) is 5.91 Å². The van der Waals surface area contributed by atoms with E-state index in [-0.39, 0.29) is 37.1 Å². The highest BCUT2D eigenvalue weighted by Gasteiger charge is 2.40. The molecule has 23 heavy (non-hydrogen) atoms. The zero-order chi connectivity index (χ0) is 17.0. The van der Waals surface area contributed by atoms with Gasteiger partial charge in [0.2, 0.25) is 5.91 Å². The SMILES string of the molecule is CNC(=O)[C@@]1(C)CN(C(=O)Cc2ccc(OC)c(F)c2)CCO1. The zero-order valence-electron chi connectivity index (χ0n) is 13.5. The lowest BCUT2D eigenvalue weighted by atomic mass is 10.0. The van der Waals surface area contributed by atoms with E-state index in [1.807, 2.05) is 0 Å². The van der Waals surface area contributed by atoms with Gasteiger partial charge < -0.3 is 19.7 Å². The fourth-order valence-electron chi connectivity index (χ4n) is 2.59. The highest BCUT2D eigenvalue weighted by molar-refractivity contribution is 5.86. The van der Waals surface area contributed by atoms with Crippen molar-refractivity contribution in [2.24, 2.45) is 0 Å². The molecule has 0 bridgehead atoms. The number of rotatable bonds is 4. The van der Waals surface area contributed by atoms with Crippen LogP contribution in [0.15, 0.2) is 18.2 Å². The van der Waals surface area contributed by atoms with Gasteiger partial charge in [-0.2, -0.15) is 0 Å². The smallest absolute Gasteiger partial charge is 0.253 e. The predicted octanol–water partition coefficient (Wildman–Crippen LogP) is 0.740. The van der Waals surface area contributed by atoms with E-state index in [4.69, 9.17) is 9.47 Å². The molecule has 0 aliphatic carbocycles. The van der Waals surface area contributed by atoms with Crippen molar-refractivity contribution in [2.45, 2.75) is 18.9 Å². The number of methoxy groups -OCH3 is 1. The summed E-state index contributed by atoms with van der Waals surface area (Å²) in [5, 5.41) is 2.54. The monoisotopic (exact) mass is 324 g/mol. The molecule has 1 fully saturated rings. The number of hydrogen-bond donors (Lipinski definition) is 1. The summed E-state index contributed by atoms with van der Waals surface area (Å²) < 4.78 is 24.1. The first-order valence-electron chi connectivity index (χ1n) is 7.36. The number of benzene rings is 1. The van der Waals surface area contributed by atoms with Crippen LogP contribution in [0.3, 0.4) is 0 Å². The normalized spacial score (nSPS) is 21.0. The molecule has 1 aliphatic rings. The average Bonchev–Trinajstić information content (AvgIpc) is 2.54. The number of nitrogens with one attached hydrogen (secondary N) is 1. The average molecular weight is 324 g/mol. The van der Waals surface area contributed by atoms with Crippen LogP contribution in [-0.2, 0) is 20.7 Å². The van der Waals surface area contributed by atoms with Gasteiger partial charge in [-0.25, -0.2) is 4.39 Å². The lowest BCUT2D eigenvalue weighted by molar-refractivity contribution is -0.162. The number of amides is 2. The molecule has 1 aromatic carbocycles. The Hall–Kier alpha value is -2.15. The van der Waals surface area contributed by atoms with Gasteiger partial charge in [0.1, 0.15) is 0 Å². The molecule has 6 nitrogen and oxygen atoms in total. The van der Waals surface area contributed by atoms with Gasteiger partial charge in [-0.05, 0) is 24.6 Å². The maximum atomic E-state index is 13.7. The van der Waals surface area contributed by atoms with E-state index >= 15 is 0 Å². The Labute approximate surface area is 134 Å². The van der Waals surface area contributed by atoms with Crippen molar-refractivity contribution < 1.29 is 23.5 Å². The van der Waals surface area contributed by atoms with Crippen LogP contribution in [0, 0.1) is 5.82 Å². The van der Waals surface area contributed by atoms with Gasteiger partial charge in [-0.15, -0.1) is 0 Å². The molecule has 126 valence electrons. The van der Waals surface area contributed by atoms with Crippen LogP contribution in [0.25, 0.3) is 0 Å². The first-order chi connectivity index (χ1) is 10.9. The Kier molecular flexibility index (Phi) is 5.20. The molecule has 0 spiro atoms. The van der Waals surface area contributed by atoms with E-state index in [0.29, 0.717) is 12.1 Å². The summed E-state index contributed by atoms with van der Waals surface area (Å²) in [6.45, 7) is 2.51. The number of nitrogens with zero attached hydrogens (tertiary/aromatic N) is 1. The van der Waals surface area contributed by atoms with Crippen molar-refractivity contribution in [1.82, 2.24) is 10.2 Å². The number of likely N-dealkylation sites (N-methyl/N-ethyl adjacent to an activating group) is 1. The fourth-order valence-corrected chi connectivity index (χ4v) is 2.59. The van der Waals surface area contributed by atoms with E-state index in [1.165, 1.54) is 26.3 Å². The van der Waals surface area contributed by atoms with Crippen LogP contribution in [0.1, 0.15) is 12.5 Å². The summed E-state index contributed by atoms with van der Waals surface area (Å²) in [4.78, 5) is 25.9. The molecular weight excluding hydrogens is 303 g/mol. The third-order valence-corrected chi connectivity index (χ3v) is 3.91. The Morgan fingerprint density at radius 1 is 1.48 bits per heavy atom. The second-order valence-electron chi connectivity index (χ2n) is 5.62. The summed E-state index contributed by atoms with van der Waals surface area (Å²) in [7, 11) is 2.91. The molecule has 1 aromatic rings. The summed E-state index contributed by atoms with van der Waals surface area (Å²) >= 11 is 0. The third-order valence-electron chi connectivity index (χ3n) is 3.91. The lowest BCUT2D eigenvalue weighted by Gasteiger charge is -2.39. The van der Waals surface area contributed by atoms with E-state index in [2.05, 4.69) is 5.32 Å². The number of carbonyl (C=O) groups is 2. The van der Waals surface area contributed by atoms with Gasteiger partial charge in [0, 0.05) is 13.6 Å². The molecular formula is C16H21FN2O4. The van der Waals surface area contributed by atoms with Crippen LogP contribution < -0.4 is 10.1 Å². The second kappa shape index (κ2) is 6.95. The Balaban J connectivity index is 2.05. The topological polar surface area (TPSA) is 67.9 Å². The van der Waals surface area contributed by atoms with Gasteiger partial charge in [0.15, 0.2) is 17.2 Å². The van der Waals surface area contributed by atoms with E-state index in [0.717, 1.165) is 0 Å². The molecule has 1 aliphatic heterocycles. The van der Waals surface area contributed by atoms with Crippen molar-refractivity contribution in [3.05, 3.63) is 29.6 Å². The van der Waals surface area contributed by atoms with Crippen LogP contribution in [0.4, 0.5) is 4.39 Å². The van der Waals surface area contributed by atoms with Crippen molar-refractivity contribution >= 4 is 11.8 Å². The fraction of sp³-hybridized carbons (Fsp3) is 0.500. The largest absolute Gasteiger partial charge is 0.494 e. The maximum absolute atomic E-state index is 13.7. The number of morpholine rings is 1. The highest BCUT2D eigenvalue weighted by atomic mass is 19.1. The first kappa shape index (κ1) is 17.2. The number of halogens is 1. The minimum atomic E-state index is -1.06. The predicted molar refractivity (Wildman–Crippen MR) is 81.7 cm³/mol. The lowest BCUT2D eigenvalue weighted by Crippen LogP contribution is -2.59. The quantitative estimate of drug-likeness (QED) is 0.887. The molecule has 0 radical (unpaired) electrons. The molecule has 2 amide bonds. The summed E-state index contributed by atoms with van der Waals surface area (Å²) in [6, 6.07) is 4.43. The molecule has 1 heterocycles. The van der Waals surface area contributed by atoms with Crippen LogP contribution in [0.5, 0.6) is 5.75 Å². The standard InChI is InChI=1S/C16H21FN2O4/c1-16(15(21)18-2)10-19(6-7-23-16)14(20)9-11-4-5-13(22-3)12(17)8-11/h4-5,8H,6-7,9-10H2,1-3H3,(H,18,21)/t16-/m1/s1. The number of carbonyl (C=O) groups excluding carboxylic acids is 2. The number of hydrogen-bond acceptors (Lipinski definition) is 4. The Morgan fingerprint density at radius 3 is 2.83 bits per heavy atom. The van der Waals surface area contributed by atoms with Crippen molar-refractivity contribution in [2.75, 3.05) is 33.9 Å². The van der Waals surface area contributed by atoms with Crippen molar-refractivity contribution in [3.8, 4) is 5.75 Å². The van der Waals surface area contributed by atoms with Crippen LogP contribution in [-0.4, -0.2) is 56.2 Å². The van der Waals surface area contributed by atoms with E-state index < -0.39 is 11.4 Å². The van der Waals surface area contributed by atoms with Crippen LogP contribution >= 0.6 is 0 Å². The van der Waals surface area contributed by atoms with E-state index in [1.54, 1.807) is 17.9 Å². The summed E-state index contributed by atoms with van der Waals surface area (Å²) in [6.07, 6.45) is 0.0603. The van der Waals surface area contributed by atoms with Crippen molar-refractivity contribution in [1.29, 1.82) is 0 Å². The van der Waals surface area contributed by atoms with Gasteiger partial charge in [-0.3, -0.25) is 9.59 Å². The van der Waals surface area contributed by atoms with Crippen molar-refractivity contribution in [3.63, 3.8) is 0 Å². The molecule has 1 saturated heterocycles. The second-order valence-corrected chi connectivity index (χ2v) is 5.62. The highest BCUT2D eigenvalue weighted by Crippen LogP contribution is 2.21. The molecule has 0 unspecified atom stereocenters. The van der Waals surface area contributed by atoms with Gasteiger partial charge in [-0.1, -0.05) is 6.07 Å². The Bertz CT molecular complexity index is 608.